The van der Waals surface area contributed by atoms with Gasteiger partial charge in [-0.2, -0.15) is 0 Å². The summed E-state index contributed by atoms with van der Waals surface area (Å²) >= 11 is 0. The number of carbonyl (C=O) groups is 1. The quantitative estimate of drug-likeness (QED) is 0.727. The first kappa shape index (κ1) is 14.2. The van der Waals surface area contributed by atoms with Gasteiger partial charge in [-0.25, -0.2) is 4.68 Å². The van der Waals surface area contributed by atoms with Gasteiger partial charge in [0, 0.05) is 13.0 Å². The van der Waals surface area contributed by atoms with E-state index in [1.165, 1.54) is 0 Å². The van der Waals surface area contributed by atoms with Crippen molar-refractivity contribution in [2.24, 2.45) is 5.92 Å². The molecule has 106 valence electrons. The maximum absolute atomic E-state index is 11.0. The molecule has 2 aromatic rings. The molecule has 1 aromatic carbocycles. The molecule has 0 radical (unpaired) electrons. The van der Waals surface area contributed by atoms with Gasteiger partial charge in [0.05, 0.1) is 12.3 Å². The fraction of sp³-hybridized carbons (Fsp3) is 0.400. The van der Waals surface area contributed by atoms with Crippen LogP contribution < -0.4 is 4.74 Å². The van der Waals surface area contributed by atoms with Gasteiger partial charge in [-0.05, 0) is 18.1 Å². The fourth-order valence-corrected chi connectivity index (χ4v) is 1.97. The number of hydrogen-bond acceptors (Lipinski definition) is 4. The summed E-state index contributed by atoms with van der Waals surface area (Å²) in [7, 11) is 0. The average Bonchev–Trinajstić information content (AvgIpc) is 2.82. The molecule has 0 spiro atoms. The molecule has 0 N–H and O–H groups in total. The number of ether oxygens (including phenoxy) is 1. The van der Waals surface area contributed by atoms with Gasteiger partial charge < -0.3 is 4.74 Å². The highest BCUT2D eigenvalue weighted by atomic mass is 16.5. The zero-order chi connectivity index (χ0) is 14.4. The zero-order valence-electron chi connectivity index (χ0n) is 11.8. The van der Waals surface area contributed by atoms with Crippen molar-refractivity contribution in [2.45, 2.75) is 26.8 Å². The van der Waals surface area contributed by atoms with E-state index < -0.39 is 0 Å². The van der Waals surface area contributed by atoms with E-state index in [1.807, 2.05) is 30.3 Å². The molecule has 1 heterocycles. The Bertz CT molecular complexity index is 550. The highest BCUT2D eigenvalue weighted by molar-refractivity contribution is 5.73. The molecule has 0 fully saturated rings. The number of aldehydes is 1. The molecular weight excluding hydrogens is 254 g/mol. The Hall–Kier alpha value is -2.17. The molecular formula is C15H19N3O2. The first-order chi connectivity index (χ1) is 9.70. The van der Waals surface area contributed by atoms with Crippen LogP contribution >= 0.6 is 0 Å². The van der Waals surface area contributed by atoms with Gasteiger partial charge in [0.25, 0.3) is 0 Å². The van der Waals surface area contributed by atoms with E-state index in [-0.39, 0.29) is 0 Å². The molecule has 0 atom stereocenters. The lowest BCUT2D eigenvalue weighted by molar-refractivity contribution is 0.111. The molecule has 0 bridgehead atoms. The molecule has 0 aliphatic carbocycles. The van der Waals surface area contributed by atoms with Gasteiger partial charge in [-0.3, -0.25) is 4.79 Å². The first-order valence-electron chi connectivity index (χ1n) is 6.76. The Morgan fingerprint density at radius 3 is 2.70 bits per heavy atom. The number of benzene rings is 1. The molecule has 0 saturated heterocycles. The summed E-state index contributed by atoms with van der Waals surface area (Å²) in [6.07, 6.45) is 1.37. The molecule has 0 amide bonds. The van der Waals surface area contributed by atoms with Crippen molar-refractivity contribution >= 4 is 6.29 Å². The molecule has 5 heteroatoms. The number of rotatable bonds is 7. The van der Waals surface area contributed by atoms with Crippen molar-refractivity contribution in [2.75, 3.05) is 6.61 Å². The molecule has 0 unspecified atom stereocenters. The Labute approximate surface area is 118 Å². The Balaban J connectivity index is 2.00. The molecule has 0 saturated carbocycles. The molecule has 1 aromatic heterocycles. The van der Waals surface area contributed by atoms with Gasteiger partial charge in [0.2, 0.25) is 0 Å². The molecule has 2 rings (SSSR count). The minimum Gasteiger partial charge on any atom is -0.493 e. The van der Waals surface area contributed by atoms with E-state index in [2.05, 4.69) is 24.2 Å². The first-order valence-corrected chi connectivity index (χ1v) is 6.76. The summed E-state index contributed by atoms with van der Waals surface area (Å²) in [5, 5.41) is 7.94. The van der Waals surface area contributed by atoms with Crippen molar-refractivity contribution in [1.29, 1.82) is 0 Å². The fourth-order valence-electron chi connectivity index (χ4n) is 1.97. The predicted molar refractivity (Wildman–Crippen MR) is 75.9 cm³/mol. The number of aromatic nitrogens is 3. The topological polar surface area (TPSA) is 57.0 Å². The van der Waals surface area contributed by atoms with Gasteiger partial charge in [0.15, 0.2) is 6.29 Å². The second kappa shape index (κ2) is 6.84. The molecule has 20 heavy (non-hydrogen) atoms. The Kier molecular flexibility index (Phi) is 4.87. The largest absolute Gasteiger partial charge is 0.493 e. The standard InChI is InChI=1S/C15H19N3O2/c1-12(2)10-18-15(14(11-19)16-17-18)8-9-20-13-6-4-3-5-7-13/h3-7,11-12H,8-10H2,1-2H3. The molecule has 5 nitrogen and oxygen atoms in total. The third-order valence-corrected chi connectivity index (χ3v) is 2.87. The monoisotopic (exact) mass is 273 g/mol. The van der Waals surface area contributed by atoms with Crippen LogP contribution in [0.1, 0.15) is 30.0 Å². The average molecular weight is 273 g/mol. The second-order valence-corrected chi connectivity index (χ2v) is 5.03. The normalized spacial score (nSPS) is 10.8. The number of nitrogens with zero attached hydrogens (tertiary/aromatic N) is 3. The van der Waals surface area contributed by atoms with Crippen LogP contribution in [0.15, 0.2) is 30.3 Å². The number of carbonyl (C=O) groups excluding carboxylic acids is 1. The summed E-state index contributed by atoms with van der Waals surface area (Å²) in [4.78, 5) is 11.0. The van der Waals surface area contributed by atoms with Crippen LogP contribution in [0.25, 0.3) is 0 Å². The van der Waals surface area contributed by atoms with Crippen LogP contribution in [0.5, 0.6) is 5.75 Å². The minimum absolute atomic E-state index is 0.405. The predicted octanol–water partition coefficient (Wildman–Crippen LogP) is 2.37. The lowest BCUT2D eigenvalue weighted by Crippen LogP contribution is -2.13. The summed E-state index contributed by atoms with van der Waals surface area (Å²) < 4.78 is 7.45. The van der Waals surface area contributed by atoms with Gasteiger partial charge in [-0.1, -0.05) is 37.3 Å². The highest BCUT2D eigenvalue weighted by Gasteiger charge is 2.13. The van der Waals surface area contributed by atoms with E-state index in [4.69, 9.17) is 4.74 Å². The van der Waals surface area contributed by atoms with Gasteiger partial charge in [0.1, 0.15) is 11.4 Å². The summed E-state index contributed by atoms with van der Waals surface area (Å²) in [6, 6.07) is 9.61. The number of hydrogen-bond donors (Lipinski definition) is 0. The van der Waals surface area contributed by atoms with Gasteiger partial charge >= 0.3 is 0 Å². The maximum atomic E-state index is 11.0. The lowest BCUT2D eigenvalue weighted by atomic mass is 10.2. The lowest BCUT2D eigenvalue weighted by Gasteiger charge is -2.10. The molecule has 0 aliphatic heterocycles. The van der Waals surface area contributed by atoms with E-state index in [0.717, 1.165) is 24.3 Å². The third kappa shape index (κ3) is 3.66. The van der Waals surface area contributed by atoms with Crippen molar-refractivity contribution in [3.05, 3.63) is 41.7 Å². The van der Waals surface area contributed by atoms with Crippen LogP contribution in [0.3, 0.4) is 0 Å². The van der Waals surface area contributed by atoms with Crippen LogP contribution in [0, 0.1) is 5.92 Å². The van der Waals surface area contributed by atoms with E-state index in [0.29, 0.717) is 24.6 Å². The summed E-state index contributed by atoms with van der Waals surface area (Å²) in [6.45, 7) is 5.46. The van der Waals surface area contributed by atoms with Crippen LogP contribution in [0.4, 0.5) is 0 Å². The third-order valence-electron chi connectivity index (χ3n) is 2.87. The Morgan fingerprint density at radius 2 is 2.05 bits per heavy atom. The second-order valence-electron chi connectivity index (χ2n) is 5.03. The summed E-state index contributed by atoms with van der Waals surface area (Å²) in [5.41, 5.74) is 1.24. The van der Waals surface area contributed by atoms with Crippen LogP contribution in [-0.2, 0) is 13.0 Å². The SMILES string of the molecule is CC(C)Cn1nnc(C=O)c1CCOc1ccccc1. The smallest absolute Gasteiger partial charge is 0.172 e. The van der Waals surface area contributed by atoms with E-state index in [9.17, 15) is 4.79 Å². The maximum Gasteiger partial charge on any atom is 0.172 e. The zero-order valence-corrected chi connectivity index (χ0v) is 11.8. The van der Waals surface area contributed by atoms with E-state index in [1.54, 1.807) is 4.68 Å². The van der Waals surface area contributed by atoms with Crippen LogP contribution in [-0.4, -0.2) is 27.9 Å². The van der Waals surface area contributed by atoms with Crippen molar-refractivity contribution in [3.8, 4) is 5.75 Å². The minimum atomic E-state index is 0.405. The molecule has 0 aliphatic rings. The Morgan fingerprint density at radius 1 is 1.30 bits per heavy atom. The number of para-hydroxylation sites is 1. The highest BCUT2D eigenvalue weighted by Crippen LogP contribution is 2.11. The van der Waals surface area contributed by atoms with Crippen molar-refractivity contribution in [3.63, 3.8) is 0 Å². The van der Waals surface area contributed by atoms with E-state index >= 15 is 0 Å². The summed E-state index contributed by atoms with van der Waals surface area (Å²) in [5.74, 6) is 1.27. The van der Waals surface area contributed by atoms with Gasteiger partial charge in [-0.15, -0.1) is 5.10 Å². The van der Waals surface area contributed by atoms with Crippen LogP contribution in [0.2, 0.25) is 0 Å². The van der Waals surface area contributed by atoms with Crippen molar-refractivity contribution < 1.29 is 9.53 Å². The van der Waals surface area contributed by atoms with Crippen molar-refractivity contribution in [1.82, 2.24) is 15.0 Å².